The first-order chi connectivity index (χ1) is 11.4. The van der Waals surface area contributed by atoms with Crippen molar-refractivity contribution in [3.63, 3.8) is 0 Å². The molecule has 1 saturated carbocycles. The van der Waals surface area contributed by atoms with Crippen molar-refractivity contribution < 1.29 is 17.2 Å². The molecule has 1 aliphatic heterocycles. The smallest absolute Gasteiger partial charge is 0.257 e. The highest BCUT2D eigenvalue weighted by Crippen LogP contribution is 2.26. The van der Waals surface area contributed by atoms with Gasteiger partial charge in [-0.25, -0.2) is 21.9 Å². The van der Waals surface area contributed by atoms with Gasteiger partial charge in [-0.3, -0.25) is 4.68 Å². The summed E-state index contributed by atoms with van der Waals surface area (Å²) in [7, 11) is -3.71. The van der Waals surface area contributed by atoms with Crippen LogP contribution >= 0.6 is 0 Å². The molecule has 0 radical (unpaired) electrons. The zero-order valence-corrected chi connectivity index (χ0v) is 14.4. The fourth-order valence-corrected chi connectivity index (χ4v) is 4.88. The molecule has 0 aromatic carbocycles. The molecule has 6 nitrogen and oxygen atoms in total. The molecule has 0 unspecified atom stereocenters. The van der Waals surface area contributed by atoms with Crippen molar-refractivity contribution in [2.45, 2.75) is 56.0 Å². The predicted molar refractivity (Wildman–Crippen MR) is 85.4 cm³/mol. The van der Waals surface area contributed by atoms with Gasteiger partial charge in [-0.15, -0.1) is 0 Å². The molecular weight excluding hydrogens is 338 g/mol. The van der Waals surface area contributed by atoms with E-state index in [0.717, 1.165) is 42.5 Å². The highest BCUT2D eigenvalue weighted by atomic mass is 32.2. The quantitative estimate of drug-likeness (QED) is 0.802. The van der Waals surface area contributed by atoms with Crippen LogP contribution < -0.4 is 4.72 Å². The molecule has 0 bridgehead atoms. The Morgan fingerprint density at radius 3 is 2.75 bits per heavy atom. The monoisotopic (exact) mass is 362 g/mol. The van der Waals surface area contributed by atoms with Crippen molar-refractivity contribution >= 4 is 10.0 Å². The number of alkyl halides is 2. The van der Waals surface area contributed by atoms with Crippen LogP contribution in [0.25, 0.3) is 0 Å². The number of rotatable bonds is 7. The summed E-state index contributed by atoms with van der Waals surface area (Å²) in [6, 6.07) is -0.130. The Balaban J connectivity index is 1.53. The summed E-state index contributed by atoms with van der Waals surface area (Å²) >= 11 is 0. The molecule has 0 spiro atoms. The first-order valence-electron chi connectivity index (χ1n) is 8.47. The molecule has 1 saturated heterocycles. The van der Waals surface area contributed by atoms with Crippen LogP contribution in [0.15, 0.2) is 17.3 Å². The molecule has 1 aromatic rings. The summed E-state index contributed by atoms with van der Waals surface area (Å²) in [5.41, 5.74) is 0. The van der Waals surface area contributed by atoms with Gasteiger partial charge in [-0.05, 0) is 31.7 Å². The van der Waals surface area contributed by atoms with Crippen LogP contribution in [0.1, 0.15) is 32.1 Å². The van der Waals surface area contributed by atoms with Crippen molar-refractivity contribution in [1.29, 1.82) is 0 Å². The van der Waals surface area contributed by atoms with E-state index < -0.39 is 23.0 Å². The van der Waals surface area contributed by atoms with E-state index >= 15 is 0 Å². The van der Waals surface area contributed by atoms with E-state index in [4.69, 9.17) is 0 Å². The number of nitrogens with one attached hydrogen (secondary N) is 1. The van der Waals surface area contributed by atoms with Gasteiger partial charge < -0.3 is 4.90 Å². The van der Waals surface area contributed by atoms with E-state index in [-0.39, 0.29) is 10.9 Å². The van der Waals surface area contributed by atoms with E-state index in [1.165, 1.54) is 25.7 Å². The van der Waals surface area contributed by atoms with Crippen LogP contribution in [-0.4, -0.2) is 55.2 Å². The number of aromatic nitrogens is 2. The van der Waals surface area contributed by atoms with Crippen LogP contribution in [0, 0.1) is 5.92 Å². The minimum Gasteiger partial charge on any atom is -0.301 e. The average Bonchev–Trinajstić information content (AvgIpc) is 3.21. The van der Waals surface area contributed by atoms with Crippen LogP contribution in [0.3, 0.4) is 0 Å². The number of likely N-dealkylation sites (tertiary alicyclic amines) is 1. The lowest BCUT2D eigenvalue weighted by Gasteiger charge is -2.20. The first kappa shape index (κ1) is 17.8. The lowest BCUT2D eigenvalue weighted by molar-refractivity contribution is 0.121. The standard InChI is InChI=1S/C15H24F2N4O2S/c16-15(17)11-21-10-14(7-18-21)24(22,23)19-13-5-6-20(9-13)8-12-3-1-2-4-12/h7,10,12-13,15,19H,1-6,8-9,11H2/t13-/m0/s1. The molecule has 24 heavy (non-hydrogen) atoms. The normalized spacial score (nSPS) is 23.5. The lowest BCUT2D eigenvalue weighted by atomic mass is 10.1. The fourth-order valence-electron chi connectivity index (χ4n) is 3.66. The zero-order valence-electron chi connectivity index (χ0n) is 13.6. The maximum Gasteiger partial charge on any atom is 0.257 e. The number of nitrogens with zero attached hydrogens (tertiary/aromatic N) is 3. The second-order valence-electron chi connectivity index (χ2n) is 6.81. The van der Waals surface area contributed by atoms with E-state index in [2.05, 4.69) is 14.7 Å². The Labute approximate surface area is 141 Å². The van der Waals surface area contributed by atoms with Crippen molar-refractivity contribution in [2.75, 3.05) is 19.6 Å². The Bertz CT molecular complexity index is 644. The minimum atomic E-state index is -3.71. The van der Waals surface area contributed by atoms with Gasteiger partial charge in [-0.2, -0.15) is 5.10 Å². The van der Waals surface area contributed by atoms with Gasteiger partial charge in [0.2, 0.25) is 10.0 Å². The number of halogens is 2. The van der Waals surface area contributed by atoms with Crippen LogP contribution in [0.4, 0.5) is 8.78 Å². The van der Waals surface area contributed by atoms with Crippen molar-refractivity contribution in [1.82, 2.24) is 19.4 Å². The first-order valence-corrected chi connectivity index (χ1v) is 9.96. The van der Waals surface area contributed by atoms with Gasteiger partial charge in [0.25, 0.3) is 6.43 Å². The number of hydrogen-bond donors (Lipinski definition) is 1. The van der Waals surface area contributed by atoms with Gasteiger partial charge in [0.1, 0.15) is 11.4 Å². The average molecular weight is 362 g/mol. The third-order valence-corrected chi connectivity index (χ3v) is 6.31. The van der Waals surface area contributed by atoms with Gasteiger partial charge in [0.15, 0.2) is 0 Å². The molecule has 2 fully saturated rings. The Hall–Kier alpha value is -1.06. The van der Waals surface area contributed by atoms with Crippen molar-refractivity contribution in [3.05, 3.63) is 12.4 Å². The van der Waals surface area contributed by atoms with Crippen LogP contribution in [-0.2, 0) is 16.6 Å². The van der Waals surface area contributed by atoms with E-state index in [0.29, 0.717) is 6.54 Å². The third kappa shape index (κ3) is 4.52. The second kappa shape index (κ2) is 7.45. The summed E-state index contributed by atoms with van der Waals surface area (Å²) in [6.45, 7) is 2.05. The molecular formula is C15H24F2N4O2S. The molecule has 2 heterocycles. The molecule has 2 aliphatic rings. The highest BCUT2D eigenvalue weighted by Gasteiger charge is 2.29. The highest BCUT2D eigenvalue weighted by molar-refractivity contribution is 7.89. The summed E-state index contributed by atoms with van der Waals surface area (Å²) in [6.07, 6.45) is 5.64. The maximum absolute atomic E-state index is 12.4. The van der Waals surface area contributed by atoms with Crippen LogP contribution in [0.5, 0.6) is 0 Å². The summed E-state index contributed by atoms with van der Waals surface area (Å²) in [5.74, 6) is 0.743. The molecule has 136 valence electrons. The zero-order chi connectivity index (χ0) is 17.2. The Kier molecular flexibility index (Phi) is 5.51. The molecule has 1 atom stereocenters. The summed E-state index contributed by atoms with van der Waals surface area (Å²) < 4.78 is 53.0. The van der Waals surface area contributed by atoms with Gasteiger partial charge >= 0.3 is 0 Å². The van der Waals surface area contributed by atoms with Gasteiger partial charge in [0, 0.05) is 25.3 Å². The summed E-state index contributed by atoms with van der Waals surface area (Å²) in [4.78, 5) is 2.26. The molecule has 1 aromatic heterocycles. The van der Waals surface area contributed by atoms with Gasteiger partial charge in [0.05, 0.1) is 6.20 Å². The summed E-state index contributed by atoms with van der Waals surface area (Å²) in [5, 5.41) is 3.69. The molecule has 9 heteroatoms. The number of hydrogen-bond acceptors (Lipinski definition) is 4. The Morgan fingerprint density at radius 2 is 2.04 bits per heavy atom. The third-order valence-electron chi connectivity index (χ3n) is 4.83. The molecule has 1 aliphatic carbocycles. The SMILES string of the molecule is O=S(=O)(N[C@H]1CCN(CC2CCCC2)C1)c1cnn(CC(F)F)c1. The van der Waals surface area contributed by atoms with E-state index in [1.807, 2.05) is 0 Å². The second-order valence-corrected chi connectivity index (χ2v) is 8.52. The molecule has 3 rings (SSSR count). The predicted octanol–water partition coefficient (Wildman–Crippen LogP) is 1.69. The van der Waals surface area contributed by atoms with Gasteiger partial charge in [-0.1, -0.05) is 12.8 Å². The largest absolute Gasteiger partial charge is 0.301 e. The van der Waals surface area contributed by atoms with Crippen LogP contribution in [0.2, 0.25) is 0 Å². The molecule has 0 amide bonds. The van der Waals surface area contributed by atoms with Crippen molar-refractivity contribution in [2.24, 2.45) is 5.92 Å². The minimum absolute atomic E-state index is 0.0580. The topological polar surface area (TPSA) is 67.2 Å². The number of sulfonamides is 1. The Morgan fingerprint density at radius 1 is 1.29 bits per heavy atom. The maximum atomic E-state index is 12.4. The van der Waals surface area contributed by atoms with Crippen molar-refractivity contribution in [3.8, 4) is 0 Å². The van der Waals surface area contributed by atoms with E-state index in [1.54, 1.807) is 0 Å². The fraction of sp³-hybridized carbons (Fsp3) is 0.800. The molecule has 1 N–H and O–H groups in total. The van der Waals surface area contributed by atoms with E-state index in [9.17, 15) is 17.2 Å². The lowest BCUT2D eigenvalue weighted by Crippen LogP contribution is -2.37.